The normalized spacial score (nSPS) is 17.1. The van der Waals surface area contributed by atoms with Gasteiger partial charge in [-0.3, -0.25) is 0 Å². The van der Waals surface area contributed by atoms with Crippen LogP contribution >= 0.6 is 0 Å². The molecule has 0 aromatic carbocycles. The van der Waals surface area contributed by atoms with Crippen LogP contribution in [-0.2, 0) is 6.54 Å². The molecule has 1 fully saturated rings. The molecule has 5 heteroatoms. The third kappa shape index (κ3) is 2.37. The lowest BCUT2D eigenvalue weighted by Gasteiger charge is -2.13. The molecule has 0 saturated heterocycles. The summed E-state index contributed by atoms with van der Waals surface area (Å²) in [6, 6.07) is 4.91. The maximum atomic E-state index is 10.7. The van der Waals surface area contributed by atoms with Crippen LogP contribution in [0.1, 0.15) is 29.0 Å². The molecule has 5 nitrogen and oxygen atoms in total. The predicted octanol–water partition coefficient (Wildman–Crippen LogP) is 0.394. The van der Waals surface area contributed by atoms with Crippen molar-refractivity contribution < 1.29 is 15.0 Å². The molecule has 0 amide bonds. The minimum atomic E-state index is -1.02. The number of hydrogen-bond acceptors (Lipinski definition) is 4. The largest absolute Gasteiger partial charge is 0.477 e. The van der Waals surface area contributed by atoms with Crippen molar-refractivity contribution in [1.29, 1.82) is 0 Å². The first-order valence-electron chi connectivity index (χ1n) is 5.20. The average Bonchev–Trinajstić information content (AvgIpc) is 3.07. The van der Waals surface area contributed by atoms with Crippen LogP contribution in [0.4, 0.5) is 0 Å². The van der Waals surface area contributed by atoms with E-state index in [2.05, 4.69) is 10.3 Å². The monoisotopic (exact) mass is 222 g/mol. The Kier molecular flexibility index (Phi) is 2.89. The van der Waals surface area contributed by atoms with Crippen molar-refractivity contribution in [3.05, 3.63) is 29.6 Å². The van der Waals surface area contributed by atoms with E-state index in [1.807, 2.05) is 0 Å². The molecule has 1 aromatic heterocycles. The van der Waals surface area contributed by atoms with E-state index in [-0.39, 0.29) is 17.8 Å². The van der Waals surface area contributed by atoms with Crippen molar-refractivity contribution in [3.63, 3.8) is 0 Å². The first-order chi connectivity index (χ1) is 7.65. The number of aromatic carboxylic acids is 1. The van der Waals surface area contributed by atoms with Crippen LogP contribution in [0.2, 0.25) is 0 Å². The summed E-state index contributed by atoms with van der Waals surface area (Å²) in [7, 11) is 0. The topological polar surface area (TPSA) is 82.5 Å². The lowest BCUT2D eigenvalue weighted by atomic mass is 10.2. The molecule has 0 radical (unpaired) electrons. The fourth-order valence-corrected chi connectivity index (χ4v) is 1.52. The van der Waals surface area contributed by atoms with Gasteiger partial charge in [-0.2, -0.15) is 0 Å². The zero-order valence-corrected chi connectivity index (χ0v) is 8.81. The van der Waals surface area contributed by atoms with Crippen LogP contribution in [0.5, 0.6) is 0 Å². The van der Waals surface area contributed by atoms with E-state index in [9.17, 15) is 4.79 Å². The van der Waals surface area contributed by atoms with Crippen molar-refractivity contribution >= 4 is 5.97 Å². The van der Waals surface area contributed by atoms with Crippen LogP contribution in [0.3, 0.4) is 0 Å². The van der Waals surface area contributed by atoms with E-state index in [0.717, 1.165) is 12.8 Å². The van der Waals surface area contributed by atoms with Crippen LogP contribution < -0.4 is 5.32 Å². The summed E-state index contributed by atoms with van der Waals surface area (Å²) in [6.07, 6.45) is 1.92. The van der Waals surface area contributed by atoms with Crippen molar-refractivity contribution in [3.8, 4) is 0 Å². The van der Waals surface area contributed by atoms with Gasteiger partial charge in [-0.05, 0) is 25.0 Å². The van der Waals surface area contributed by atoms with Gasteiger partial charge < -0.3 is 15.5 Å². The Hall–Kier alpha value is -1.46. The first-order valence-corrected chi connectivity index (χ1v) is 5.20. The molecule has 2 rings (SSSR count). The Morgan fingerprint density at radius 3 is 2.81 bits per heavy atom. The Morgan fingerprint density at radius 2 is 2.25 bits per heavy atom. The maximum Gasteiger partial charge on any atom is 0.354 e. The number of aromatic nitrogens is 1. The second-order valence-corrected chi connectivity index (χ2v) is 4.11. The highest BCUT2D eigenvalue weighted by molar-refractivity contribution is 5.85. The molecule has 0 spiro atoms. The van der Waals surface area contributed by atoms with Crippen molar-refractivity contribution in [1.82, 2.24) is 10.3 Å². The zero-order valence-electron chi connectivity index (χ0n) is 8.81. The van der Waals surface area contributed by atoms with Gasteiger partial charge in [0.2, 0.25) is 0 Å². The Labute approximate surface area is 93.1 Å². The number of aliphatic hydroxyl groups is 1. The van der Waals surface area contributed by atoms with E-state index in [0.29, 0.717) is 12.2 Å². The average molecular weight is 222 g/mol. The zero-order chi connectivity index (χ0) is 11.6. The van der Waals surface area contributed by atoms with Crippen LogP contribution in [-0.4, -0.2) is 33.3 Å². The highest BCUT2D eigenvalue weighted by Crippen LogP contribution is 2.34. The maximum absolute atomic E-state index is 10.7. The molecular formula is C11H14N2O3. The Balaban J connectivity index is 1.99. The summed E-state index contributed by atoms with van der Waals surface area (Å²) in [5, 5.41) is 21.1. The Morgan fingerprint density at radius 1 is 1.50 bits per heavy atom. The van der Waals surface area contributed by atoms with Gasteiger partial charge in [-0.1, -0.05) is 6.07 Å². The summed E-state index contributed by atoms with van der Waals surface area (Å²) in [5.74, 6) is -1.02. The fourth-order valence-electron chi connectivity index (χ4n) is 1.52. The number of hydrogen-bond donors (Lipinski definition) is 3. The standard InChI is InChI=1S/C11H14N2O3/c14-7-11(4-5-11)12-6-8-2-1-3-9(13-8)10(15)16/h1-3,12,14H,4-7H2,(H,15,16). The van der Waals surface area contributed by atoms with E-state index in [1.165, 1.54) is 6.07 Å². The third-order valence-corrected chi connectivity index (χ3v) is 2.83. The smallest absolute Gasteiger partial charge is 0.354 e. The van der Waals surface area contributed by atoms with Gasteiger partial charge in [0.15, 0.2) is 0 Å². The van der Waals surface area contributed by atoms with Crippen molar-refractivity contribution in [2.24, 2.45) is 0 Å². The molecule has 16 heavy (non-hydrogen) atoms. The second kappa shape index (κ2) is 4.19. The number of carboxylic acids is 1. The van der Waals surface area contributed by atoms with Gasteiger partial charge in [0.25, 0.3) is 0 Å². The molecule has 0 bridgehead atoms. The lowest BCUT2D eigenvalue weighted by molar-refractivity contribution is 0.0690. The minimum absolute atomic E-state index is 0.0492. The molecule has 0 aliphatic heterocycles. The minimum Gasteiger partial charge on any atom is -0.477 e. The lowest BCUT2D eigenvalue weighted by Crippen LogP contribution is -2.34. The highest BCUT2D eigenvalue weighted by atomic mass is 16.4. The number of nitrogens with one attached hydrogen (secondary N) is 1. The summed E-state index contributed by atoms with van der Waals surface area (Å²) in [6.45, 7) is 0.604. The molecule has 1 aromatic rings. The van der Waals surface area contributed by atoms with Gasteiger partial charge in [-0.15, -0.1) is 0 Å². The van der Waals surface area contributed by atoms with E-state index in [1.54, 1.807) is 12.1 Å². The molecule has 0 unspecified atom stereocenters. The molecule has 1 aliphatic carbocycles. The third-order valence-electron chi connectivity index (χ3n) is 2.83. The molecule has 1 aliphatic rings. The summed E-state index contributed by atoms with van der Waals surface area (Å²) < 4.78 is 0. The van der Waals surface area contributed by atoms with Gasteiger partial charge in [0.1, 0.15) is 5.69 Å². The number of rotatable bonds is 5. The quantitative estimate of drug-likeness (QED) is 0.671. The van der Waals surface area contributed by atoms with E-state index >= 15 is 0 Å². The van der Waals surface area contributed by atoms with Crippen LogP contribution in [0.15, 0.2) is 18.2 Å². The molecule has 1 saturated carbocycles. The molecule has 86 valence electrons. The first kappa shape index (κ1) is 11.0. The summed E-state index contributed by atoms with van der Waals surface area (Å²) in [5.41, 5.74) is 0.578. The number of nitrogens with zero attached hydrogens (tertiary/aromatic N) is 1. The number of pyridine rings is 1. The van der Waals surface area contributed by atoms with Crippen LogP contribution in [0.25, 0.3) is 0 Å². The van der Waals surface area contributed by atoms with Gasteiger partial charge in [-0.25, -0.2) is 9.78 Å². The van der Waals surface area contributed by atoms with Gasteiger partial charge in [0, 0.05) is 12.1 Å². The summed E-state index contributed by atoms with van der Waals surface area (Å²) >= 11 is 0. The van der Waals surface area contributed by atoms with Gasteiger partial charge >= 0.3 is 5.97 Å². The number of aliphatic hydroxyl groups excluding tert-OH is 1. The summed E-state index contributed by atoms with van der Waals surface area (Å²) in [4.78, 5) is 14.7. The molecule has 3 N–H and O–H groups in total. The molecule has 0 atom stereocenters. The number of carbonyl (C=O) groups is 1. The molecular weight excluding hydrogens is 208 g/mol. The number of carboxylic acid groups (broad SMARTS) is 1. The van der Waals surface area contributed by atoms with Gasteiger partial charge in [0.05, 0.1) is 12.3 Å². The van der Waals surface area contributed by atoms with E-state index < -0.39 is 5.97 Å². The SMILES string of the molecule is O=C(O)c1cccc(CNC2(CO)CC2)n1. The second-order valence-electron chi connectivity index (χ2n) is 4.11. The van der Waals surface area contributed by atoms with Crippen LogP contribution in [0, 0.1) is 0 Å². The fraction of sp³-hybridized carbons (Fsp3) is 0.455. The predicted molar refractivity (Wildman–Crippen MR) is 57.1 cm³/mol. The Bertz CT molecular complexity index is 402. The van der Waals surface area contributed by atoms with Crippen molar-refractivity contribution in [2.75, 3.05) is 6.61 Å². The van der Waals surface area contributed by atoms with Crippen molar-refractivity contribution in [2.45, 2.75) is 24.9 Å². The highest BCUT2D eigenvalue weighted by Gasteiger charge is 2.41. The van der Waals surface area contributed by atoms with E-state index in [4.69, 9.17) is 10.2 Å². The molecule has 1 heterocycles.